The van der Waals surface area contributed by atoms with Gasteiger partial charge < -0.3 is 25.5 Å². The standard InChI is InChI=1S/C22H45N5O.HI/c1-3-23-21(25-20-22(12-19-28)10-6-5-7-11-22)24-13-8-9-14-27-17-15-26(4-2)16-18-27;/h28H,3-20H2,1-2H3,(H2,23,24,25);1H. The molecule has 0 atom stereocenters. The number of nitrogens with one attached hydrogen (secondary N) is 2. The average Bonchev–Trinajstić information content (AvgIpc) is 2.73. The summed E-state index contributed by atoms with van der Waals surface area (Å²) in [6.07, 6.45) is 9.64. The lowest BCUT2D eigenvalue weighted by Crippen LogP contribution is -2.46. The highest BCUT2D eigenvalue weighted by Gasteiger charge is 2.31. The molecule has 172 valence electrons. The van der Waals surface area contributed by atoms with E-state index in [-0.39, 0.29) is 36.0 Å². The molecule has 0 aromatic rings. The lowest BCUT2D eigenvalue weighted by Gasteiger charge is -2.35. The number of aliphatic imine (C=N–C) groups is 1. The van der Waals surface area contributed by atoms with E-state index in [4.69, 9.17) is 4.99 Å². The maximum atomic E-state index is 9.50. The molecule has 3 N–H and O–H groups in total. The van der Waals surface area contributed by atoms with Crippen molar-refractivity contribution in [1.82, 2.24) is 20.4 Å². The third kappa shape index (κ3) is 10.2. The largest absolute Gasteiger partial charge is 0.396 e. The van der Waals surface area contributed by atoms with E-state index < -0.39 is 0 Å². The van der Waals surface area contributed by atoms with Crippen molar-refractivity contribution < 1.29 is 5.11 Å². The van der Waals surface area contributed by atoms with Crippen LogP contribution in [0.3, 0.4) is 0 Å². The van der Waals surface area contributed by atoms with Gasteiger partial charge >= 0.3 is 0 Å². The molecule has 2 rings (SSSR count). The Morgan fingerprint density at radius 1 is 0.966 bits per heavy atom. The summed E-state index contributed by atoms with van der Waals surface area (Å²) in [6, 6.07) is 0. The van der Waals surface area contributed by atoms with Gasteiger partial charge in [0.25, 0.3) is 0 Å². The van der Waals surface area contributed by atoms with E-state index in [0.717, 1.165) is 32.0 Å². The van der Waals surface area contributed by atoms with E-state index in [2.05, 4.69) is 34.3 Å². The first-order valence-electron chi connectivity index (χ1n) is 11.8. The molecule has 0 bridgehead atoms. The Hall–Kier alpha value is -0.120. The fraction of sp³-hybridized carbons (Fsp3) is 0.955. The van der Waals surface area contributed by atoms with E-state index in [0.29, 0.717) is 0 Å². The molecule has 0 radical (unpaired) electrons. The van der Waals surface area contributed by atoms with Crippen LogP contribution in [-0.4, -0.2) is 86.4 Å². The molecule has 2 fully saturated rings. The van der Waals surface area contributed by atoms with E-state index in [1.165, 1.54) is 84.2 Å². The fourth-order valence-corrected chi connectivity index (χ4v) is 4.61. The van der Waals surface area contributed by atoms with E-state index in [9.17, 15) is 5.11 Å². The minimum Gasteiger partial charge on any atom is -0.396 e. The summed E-state index contributed by atoms with van der Waals surface area (Å²) in [6.45, 7) is 14.7. The molecule has 0 spiro atoms. The molecular weight excluding hydrogens is 477 g/mol. The molecule has 1 aliphatic heterocycles. The van der Waals surface area contributed by atoms with Crippen molar-refractivity contribution in [2.24, 2.45) is 10.4 Å². The first kappa shape index (κ1) is 26.9. The molecule has 0 aromatic heterocycles. The summed E-state index contributed by atoms with van der Waals surface area (Å²) >= 11 is 0. The molecule has 29 heavy (non-hydrogen) atoms. The van der Waals surface area contributed by atoms with Crippen molar-refractivity contribution >= 4 is 29.9 Å². The van der Waals surface area contributed by atoms with E-state index >= 15 is 0 Å². The molecular formula is C22H46IN5O. The number of guanidine groups is 1. The number of hydrogen-bond donors (Lipinski definition) is 3. The molecule has 6 nitrogen and oxygen atoms in total. The monoisotopic (exact) mass is 523 g/mol. The van der Waals surface area contributed by atoms with Crippen molar-refractivity contribution in [3.05, 3.63) is 0 Å². The highest BCUT2D eigenvalue weighted by atomic mass is 127. The van der Waals surface area contributed by atoms with Crippen LogP contribution in [0.1, 0.15) is 65.2 Å². The van der Waals surface area contributed by atoms with Crippen molar-refractivity contribution in [2.45, 2.75) is 65.2 Å². The van der Waals surface area contributed by atoms with Gasteiger partial charge in [0, 0.05) is 52.4 Å². The number of unbranched alkanes of at least 4 members (excludes halogenated alkanes) is 1. The van der Waals surface area contributed by atoms with Crippen LogP contribution in [-0.2, 0) is 0 Å². The van der Waals surface area contributed by atoms with Gasteiger partial charge in [-0.2, -0.15) is 0 Å². The normalized spacial score (nSPS) is 20.9. The minimum atomic E-state index is 0. The smallest absolute Gasteiger partial charge is 0.191 e. The average molecular weight is 524 g/mol. The van der Waals surface area contributed by atoms with Gasteiger partial charge in [0.15, 0.2) is 5.96 Å². The Kier molecular flexibility index (Phi) is 14.5. The van der Waals surface area contributed by atoms with Crippen molar-refractivity contribution in [1.29, 1.82) is 0 Å². The first-order chi connectivity index (χ1) is 13.7. The van der Waals surface area contributed by atoms with Gasteiger partial charge in [-0.1, -0.05) is 26.2 Å². The van der Waals surface area contributed by atoms with E-state index in [1.54, 1.807) is 0 Å². The summed E-state index contributed by atoms with van der Waals surface area (Å²) in [5, 5.41) is 16.4. The minimum absolute atomic E-state index is 0. The predicted octanol–water partition coefficient (Wildman–Crippen LogP) is 2.91. The molecule has 0 aromatic carbocycles. The highest BCUT2D eigenvalue weighted by molar-refractivity contribution is 14.0. The second kappa shape index (κ2) is 15.6. The van der Waals surface area contributed by atoms with Crippen LogP contribution in [0.4, 0.5) is 0 Å². The van der Waals surface area contributed by atoms with Gasteiger partial charge in [-0.15, -0.1) is 24.0 Å². The number of aliphatic hydroxyl groups is 1. The lowest BCUT2D eigenvalue weighted by molar-refractivity contribution is 0.135. The van der Waals surface area contributed by atoms with Crippen LogP contribution in [0, 0.1) is 5.41 Å². The number of nitrogens with zero attached hydrogens (tertiary/aromatic N) is 3. The van der Waals surface area contributed by atoms with Gasteiger partial charge in [0.05, 0.1) is 0 Å². The first-order valence-corrected chi connectivity index (χ1v) is 11.8. The number of halogens is 1. The lowest BCUT2D eigenvalue weighted by atomic mass is 9.72. The topological polar surface area (TPSA) is 63.1 Å². The van der Waals surface area contributed by atoms with Gasteiger partial charge in [0.1, 0.15) is 0 Å². The molecule has 0 amide bonds. The third-order valence-electron chi connectivity index (χ3n) is 6.58. The molecule has 7 heteroatoms. The Morgan fingerprint density at radius 2 is 1.66 bits per heavy atom. The van der Waals surface area contributed by atoms with Gasteiger partial charge in [0.2, 0.25) is 0 Å². The Morgan fingerprint density at radius 3 is 2.28 bits per heavy atom. The zero-order valence-electron chi connectivity index (χ0n) is 18.9. The SMILES string of the molecule is CCNC(=NCC1(CCO)CCCCC1)NCCCCN1CCN(CC)CC1.I. The quantitative estimate of drug-likeness (QED) is 0.168. The Balaban J connectivity index is 0.00000420. The van der Waals surface area contributed by atoms with Crippen LogP contribution >= 0.6 is 24.0 Å². The van der Waals surface area contributed by atoms with Gasteiger partial charge in [-0.25, -0.2) is 0 Å². The number of hydrogen-bond acceptors (Lipinski definition) is 4. The van der Waals surface area contributed by atoms with Crippen LogP contribution in [0.5, 0.6) is 0 Å². The molecule has 0 unspecified atom stereocenters. The summed E-state index contributed by atoms with van der Waals surface area (Å²) in [5.74, 6) is 0.946. The van der Waals surface area contributed by atoms with Crippen molar-refractivity contribution in [3.63, 3.8) is 0 Å². The zero-order valence-corrected chi connectivity index (χ0v) is 21.3. The number of aliphatic hydroxyl groups excluding tert-OH is 1. The summed E-state index contributed by atoms with van der Waals surface area (Å²) in [5.41, 5.74) is 0.218. The Labute approximate surface area is 196 Å². The second-order valence-corrected chi connectivity index (χ2v) is 8.64. The second-order valence-electron chi connectivity index (χ2n) is 8.64. The van der Waals surface area contributed by atoms with Gasteiger partial charge in [-0.3, -0.25) is 4.99 Å². The van der Waals surface area contributed by atoms with Crippen molar-refractivity contribution in [2.75, 3.05) is 65.5 Å². The van der Waals surface area contributed by atoms with E-state index in [1.807, 2.05) is 0 Å². The molecule has 1 aliphatic carbocycles. The zero-order chi connectivity index (χ0) is 20.1. The molecule has 2 aliphatic rings. The molecule has 1 saturated carbocycles. The molecule has 1 heterocycles. The van der Waals surface area contributed by atoms with Crippen LogP contribution in [0.15, 0.2) is 4.99 Å². The number of likely N-dealkylation sites (N-methyl/N-ethyl adjacent to an activating group) is 1. The van der Waals surface area contributed by atoms with Crippen LogP contribution in [0.25, 0.3) is 0 Å². The maximum Gasteiger partial charge on any atom is 0.191 e. The summed E-state index contributed by atoms with van der Waals surface area (Å²) in [4.78, 5) is 10.0. The third-order valence-corrected chi connectivity index (χ3v) is 6.58. The maximum absolute atomic E-state index is 9.50. The van der Waals surface area contributed by atoms with Crippen LogP contribution in [0.2, 0.25) is 0 Å². The highest BCUT2D eigenvalue weighted by Crippen LogP contribution is 2.39. The summed E-state index contributed by atoms with van der Waals surface area (Å²) < 4.78 is 0. The Bertz CT molecular complexity index is 429. The summed E-state index contributed by atoms with van der Waals surface area (Å²) in [7, 11) is 0. The molecule has 1 saturated heterocycles. The van der Waals surface area contributed by atoms with Crippen molar-refractivity contribution in [3.8, 4) is 0 Å². The number of piperazine rings is 1. The van der Waals surface area contributed by atoms with Gasteiger partial charge in [-0.05, 0) is 57.5 Å². The fourth-order valence-electron chi connectivity index (χ4n) is 4.61. The predicted molar refractivity (Wildman–Crippen MR) is 134 cm³/mol. The van der Waals surface area contributed by atoms with Crippen LogP contribution < -0.4 is 10.6 Å². The number of rotatable bonds is 11.